The Labute approximate surface area is 113 Å². The summed E-state index contributed by atoms with van der Waals surface area (Å²) in [4.78, 5) is 28.9. The zero-order valence-electron chi connectivity index (χ0n) is 11.5. The van der Waals surface area contributed by atoms with Crippen molar-refractivity contribution in [1.29, 1.82) is 0 Å². The Kier molecular flexibility index (Phi) is 5.89. The van der Waals surface area contributed by atoms with Crippen LogP contribution in [0.4, 0.5) is 0 Å². The molecule has 5 heteroatoms. The van der Waals surface area contributed by atoms with Gasteiger partial charge in [-0.15, -0.1) is 0 Å². The Hall–Kier alpha value is -2.01. The first-order chi connectivity index (χ1) is 9.00. The summed E-state index contributed by atoms with van der Waals surface area (Å²) in [5.74, 6) is -0.341. The number of Topliss-reactive ketones (excluding diaryl/α,β-unsaturated/α-hetero) is 1. The smallest absolute Gasteiger partial charge is 0.263 e. The molecule has 1 atom stereocenters. The molecule has 1 amide bonds. The lowest BCUT2D eigenvalue weighted by Gasteiger charge is -2.10. The summed E-state index contributed by atoms with van der Waals surface area (Å²) in [5.41, 5.74) is 0.631. The molecule has 0 saturated carbocycles. The van der Waals surface area contributed by atoms with Gasteiger partial charge in [0.15, 0.2) is 5.78 Å². The number of nitrogens with one attached hydrogen (secondary N) is 1. The van der Waals surface area contributed by atoms with Crippen molar-refractivity contribution in [1.82, 2.24) is 10.2 Å². The number of ketones is 1. The van der Waals surface area contributed by atoms with E-state index in [0.717, 1.165) is 0 Å². The van der Waals surface area contributed by atoms with Crippen molar-refractivity contribution in [3.8, 4) is 0 Å². The van der Waals surface area contributed by atoms with Gasteiger partial charge in [-0.05, 0) is 6.92 Å². The Morgan fingerprint density at radius 3 is 2.53 bits per heavy atom. The van der Waals surface area contributed by atoms with E-state index < -0.39 is 6.04 Å². The van der Waals surface area contributed by atoms with E-state index in [4.69, 9.17) is 0 Å². The number of carbonyl (C=O) groups is 2. The molecule has 1 N–H and O–H groups in total. The SMILES string of the molecule is CC(NCC(=O)c1ccccc1)C(=O)/N=C/N(C)C. The number of amides is 1. The van der Waals surface area contributed by atoms with Crippen LogP contribution in [0.3, 0.4) is 0 Å². The lowest BCUT2D eigenvalue weighted by atomic mass is 10.1. The minimum atomic E-state index is -0.483. The van der Waals surface area contributed by atoms with Gasteiger partial charge >= 0.3 is 0 Å². The highest BCUT2D eigenvalue weighted by molar-refractivity contribution is 5.98. The van der Waals surface area contributed by atoms with Crippen molar-refractivity contribution < 1.29 is 9.59 Å². The van der Waals surface area contributed by atoms with Crippen LogP contribution >= 0.6 is 0 Å². The second kappa shape index (κ2) is 7.43. The number of hydrogen-bond acceptors (Lipinski definition) is 3. The average molecular weight is 261 g/mol. The second-order valence-corrected chi connectivity index (χ2v) is 4.44. The molecule has 0 aliphatic rings. The quantitative estimate of drug-likeness (QED) is 0.471. The van der Waals surface area contributed by atoms with Crippen molar-refractivity contribution in [2.45, 2.75) is 13.0 Å². The van der Waals surface area contributed by atoms with E-state index in [2.05, 4.69) is 10.3 Å². The lowest BCUT2D eigenvalue weighted by Crippen LogP contribution is -2.37. The first-order valence-electron chi connectivity index (χ1n) is 6.07. The zero-order valence-corrected chi connectivity index (χ0v) is 11.5. The summed E-state index contributed by atoms with van der Waals surface area (Å²) in [6.45, 7) is 1.81. The van der Waals surface area contributed by atoms with Crippen molar-refractivity contribution >= 4 is 18.0 Å². The van der Waals surface area contributed by atoms with Gasteiger partial charge in [0.05, 0.1) is 18.9 Å². The fraction of sp³-hybridized carbons (Fsp3) is 0.357. The number of nitrogens with zero attached hydrogens (tertiary/aromatic N) is 2. The number of benzene rings is 1. The zero-order chi connectivity index (χ0) is 14.3. The molecule has 0 radical (unpaired) electrons. The molecule has 0 bridgehead atoms. The van der Waals surface area contributed by atoms with Crippen LogP contribution in [0.2, 0.25) is 0 Å². The molecule has 1 aromatic carbocycles. The molecule has 1 aromatic rings. The molecule has 0 aromatic heterocycles. The van der Waals surface area contributed by atoms with Crippen molar-refractivity contribution in [2.75, 3.05) is 20.6 Å². The topological polar surface area (TPSA) is 61.8 Å². The van der Waals surface area contributed by atoms with Crippen LogP contribution in [-0.2, 0) is 4.79 Å². The van der Waals surface area contributed by atoms with E-state index in [1.165, 1.54) is 6.34 Å². The van der Waals surface area contributed by atoms with Crippen LogP contribution in [0.1, 0.15) is 17.3 Å². The summed E-state index contributed by atoms with van der Waals surface area (Å²) in [6.07, 6.45) is 1.44. The largest absolute Gasteiger partial charge is 0.369 e. The highest BCUT2D eigenvalue weighted by atomic mass is 16.2. The van der Waals surface area contributed by atoms with Crippen LogP contribution in [0, 0.1) is 0 Å². The molecule has 0 aliphatic heterocycles. The molecular weight excluding hydrogens is 242 g/mol. The van der Waals surface area contributed by atoms with E-state index in [9.17, 15) is 9.59 Å². The lowest BCUT2D eigenvalue weighted by molar-refractivity contribution is -0.119. The predicted molar refractivity (Wildman–Crippen MR) is 75.4 cm³/mol. The first-order valence-corrected chi connectivity index (χ1v) is 6.07. The molecule has 0 aliphatic carbocycles. The Balaban J connectivity index is 2.44. The fourth-order valence-corrected chi connectivity index (χ4v) is 1.34. The third-order valence-corrected chi connectivity index (χ3v) is 2.45. The third-order valence-electron chi connectivity index (χ3n) is 2.45. The molecule has 0 fully saturated rings. The molecule has 5 nitrogen and oxygen atoms in total. The Morgan fingerprint density at radius 1 is 1.32 bits per heavy atom. The second-order valence-electron chi connectivity index (χ2n) is 4.44. The maximum Gasteiger partial charge on any atom is 0.263 e. The van der Waals surface area contributed by atoms with Gasteiger partial charge in [0, 0.05) is 19.7 Å². The fourth-order valence-electron chi connectivity index (χ4n) is 1.34. The Morgan fingerprint density at radius 2 is 1.95 bits per heavy atom. The number of carbonyl (C=O) groups excluding carboxylic acids is 2. The van der Waals surface area contributed by atoms with E-state index in [1.54, 1.807) is 38.1 Å². The third kappa shape index (κ3) is 5.44. The highest BCUT2D eigenvalue weighted by Gasteiger charge is 2.13. The van der Waals surface area contributed by atoms with Crippen molar-refractivity contribution in [3.05, 3.63) is 35.9 Å². The number of aliphatic imine (C=N–C) groups is 1. The normalized spacial score (nSPS) is 12.4. The minimum absolute atomic E-state index is 0.0446. The minimum Gasteiger partial charge on any atom is -0.369 e. The standard InChI is InChI=1S/C14H19N3O2/c1-11(14(19)16-10-17(2)3)15-9-13(18)12-7-5-4-6-8-12/h4-8,10-11,15H,9H2,1-3H3/b16-10+. The van der Waals surface area contributed by atoms with Gasteiger partial charge in [-0.2, -0.15) is 0 Å². The summed E-state index contributed by atoms with van der Waals surface area (Å²) < 4.78 is 0. The molecular formula is C14H19N3O2. The summed E-state index contributed by atoms with van der Waals surface area (Å²) in [7, 11) is 3.57. The summed E-state index contributed by atoms with van der Waals surface area (Å²) in [5, 5.41) is 2.87. The van der Waals surface area contributed by atoms with Gasteiger partial charge < -0.3 is 4.90 Å². The van der Waals surface area contributed by atoms with Crippen LogP contribution in [0.5, 0.6) is 0 Å². The number of rotatable bonds is 6. The van der Waals surface area contributed by atoms with Gasteiger partial charge in [-0.25, -0.2) is 4.99 Å². The highest BCUT2D eigenvalue weighted by Crippen LogP contribution is 1.99. The first kappa shape index (κ1) is 15.0. The van der Waals surface area contributed by atoms with Gasteiger partial charge in [0.2, 0.25) is 0 Å². The van der Waals surface area contributed by atoms with Gasteiger partial charge in [0.1, 0.15) is 0 Å². The summed E-state index contributed by atoms with van der Waals surface area (Å²) >= 11 is 0. The molecule has 0 heterocycles. The Bertz CT molecular complexity index is 455. The van der Waals surface area contributed by atoms with Gasteiger partial charge in [0.25, 0.3) is 5.91 Å². The molecule has 0 saturated heterocycles. The van der Waals surface area contributed by atoms with E-state index >= 15 is 0 Å². The van der Waals surface area contributed by atoms with E-state index in [1.807, 2.05) is 18.2 Å². The van der Waals surface area contributed by atoms with Crippen LogP contribution < -0.4 is 5.32 Å². The van der Waals surface area contributed by atoms with Crippen molar-refractivity contribution in [3.63, 3.8) is 0 Å². The molecule has 1 unspecified atom stereocenters. The van der Waals surface area contributed by atoms with Crippen LogP contribution in [0.15, 0.2) is 35.3 Å². The monoisotopic (exact) mass is 261 g/mol. The van der Waals surface area contributed by atoms with Gasteiger partial charge in [-0.3, -0.25) is 14.9 Å². The van der Waals surface area contributed by atoms with Crippen molar-refractivity contribution in [2.24, 2.45) is 4.99 Å². The molecule has 1 rings (SSSR count). The maximum atomic E-state index is 11.8. The van der Waals surface area contributed by atoms with E-state index in [0.29, 0.717) is 5.56 Å². The van der Waals surface area contributed by atoms with Crippen LogP contribution in [0.25, 0.3) is 0 Å². The van der Waals surface area contributed by atoms with E-state index in [-0.39, 0.29) is 18.2 Å². The number of hydrogen-bond donors (Lipinski definition) is 1. The average Bonchev–Trinajstić information content (AvgIpc) is 2.42. The summed E-state index contributed by atoms with van der Waals surface area (Å²) in [6, 6.07) is 8.49. The molecule has 102 valence electrons. The predicted octanol–water partition coefficient (Wildman–Crippen LogP) is 0.964. The molecule has 19 heavy (non-hydrogen) atoms. The maximum absolute atomic E-state index is 11.8. The molecule has 0 spiro atoms. The van der Waals surface area contributed by atoms with Crippen LogP contribution in [-0.4, -0.2) is 49.6 Å². The van der Waals surface area contributed by atoms with Gasteiger partial charge in [-0.1, -0.05) is 30.3 Å².